The van der Waals surface area contributed by atoms with Crippen molar-refractivity contribution in [2.75, 3.05) is 19.7 Å². The van der Waals surface area contributed by atoms with Crippen LogP contribution in [-0.4, -0.2) is 36.2 Å². The van der Waals surface area contributed by atoms with Crippen LogP contribution in [0.25, 0.3) is 0 Å². The first-order valence-electron chi connectivity index (χ1n) is 10.5. The summed E-state index contributed by atoms with van der Waals surface area (Å²) >= 11 is 1.96. The summed E-state index contributed by atoms with van der Waals surface area (Å²) in [7, 11) is 0. The van der Waals surface area contributed by atoms with Crippen molar-refractivity contribution in [3.63, 3.8) is 0 Å². The first-order chi connectivity index (χ1) is 13.7. The summed E-state index contributed by atoms with van der Waals surface area (Å²) < 4.78 is 6.50. The molecule has 0 amide bonds. The van der Waals surface area contributed by atoms with Gasteiger partial charge in [0.2, 0.25) is 5.54 Å². The number of piperidine rings is 1. The van der Waals surface area contributed by atoms with Gasteiger partial charge in [-0.3, -0.25) is 9.28 Å². The van der Waals surface area contributed by atoms with Gasteiger partial charge in [-0.15, -0.1) is 11.8 Å². The Labute approximate surface area is 171 Å². The van der Waals surface area contributed by atoms with E-state index in [0.29, 0.717) is 12.6 Å². The lowest BCUT2D eigenvalue weighted by Gasteiger charge is -2.30. The van der Waals surface area contributed by atoms with Crippen LogP contribution in [0.15, 0.2) is 53.4 Å². The Morgan fingerprint density at radius 3 is 2.68 bits per heavy atom. The minimum Gasteiger partial charge on any atom is -0.466 e. The van der Waals surface area contributed by atoms with Crippen LogP contribution in [0.5, 0.6) is 0 Å². The molecule has 3 heterocycles. The van der Waals surface area contributed by atoms with Gasteiger partial charge in [-0.05, 0) is 25.5 Å². The summed E-state index contributed by atoms with van der Waals surface area (Å²) in [5.41, 5.74) is 4.41. The van der Waals surface area contributed by atoms with Crippen LogP contribution < -0.4 is 0 Å². The van der Waals surface area contributed by atoms with E-state index in [-0.39, 0.29) is 17.4 Å². The van der Waals surface area contributed by atoms with Gasteiger partial charge in [-0.1, -0.05) is 42.5 Å². The van der Waals surface area contributed by atoms with E-state index in [1.807, 2.05) is 18.7 Å². The molecule has 5 rings (SSSR count). The number of thioether (sulfide) groups is 1. The molecular formula is C24H28NO2S+. The Bertz CT molecular complexity index is 879. The van der Waals surface area contributed by atoms with Gasteiger partial charge in [-0.25, -0.2) is 0 Å². The molecule has 0 radical (unpaired) electrons. The van der Waals surface area contributed by atoms with E-state index in [9.17, 15) is 4.79 Å². The molecule has 1 spiro atoms. The quantitative estimate of drug-likeness (QED) is 0.428. The zero-order valence-electron chi connectivity index (χ0n) is 16.7. The zero-order valence-corrected chi connectivity index (χ0v) is 17.5. The highest BCUT2D eigenvalue weighted by atomic mass is 32.2. The largest absolute Gasteiger partial charge is 0.466 e. The van der Waals surface area contributed by atoms with Crippen molar-refractivity contribution < 1.29 is 14.0 Å². The Balaban J connectivity index is 1.68. The maximum absolute atomic E-state index is 12.6. The highest BCUT2D eigenvalue weighted by Gasteiger charge is 2.82. The molecule has 4 heteroatoms. The fourth-order valence-corrected chi connectivity index (χ4v) is 7.36. The van der Waals surface area contributed by atoms with Gasteiger partial charge in [0.1, 0.15) is 0 Å². The molecule has 2 saturated heterocycles. The van der Waals surface area contributed by atoms with Crippen LogP contribution in [0.2, 0.25) is 0 Å². The van der Waals surface area contributed by atoms with Crippen molar-refractivity contribution in [1.82, 2.24) is 0 Å². The van der Waals surface area contributed by atoms with Crippen molar-refractivity contribution in [3.05, 3.63) is 65.2 Å². The van der Waals surface area contributed by atoms with E-state index in [4.69, 9.17) is 4.74 Å². The molecular weight excluding hydrogens is 366 g/mol. The van der Waals surface area contributed by atoms with Gasteiger partial charge in [0.25, 0.3) is 0 Å². The van der Waals surface area contributed by atoms with Gasteiger partial charge >= 0.3 is 5.97 Å². The molecule has 0 aromatic heterocycles. The molecule has 0 N–H and O–H groups in total. The van der Waals surface area contributed by atoms with E-state index in [0.717, 1.165) is 36.2 Å². The lowest BCUT2D eigenvalue weighted by molar-refractivity contribution is -0.845. The third-order valence-electron chi connectivity index (χ3n) is 7.39. The zero-order chi connectivity index (χ0) is 19.4. The molecule has 2 aromatic carbocycles. The van der Waals surface area contributed by atoms with E-state index < -0.39 is 0 Å². The van der Waals surface area contributed by atoms with Gasteiger partial charge < -0.3 is 4.74 Å². The van der Waals surface area contributed by atoms with Crippen LogP contribution >= 0.6 is 11.8 Å². The molecule has 2 fully saturated rings. The number of carbonyl (C=O) groups excluding carboxylic acids is 1. The third kappa shape index (κ3) is 2.25. The summed E-state index contributed by atoms with van der Waals surface area (Å²) in [5, 5.41) is 0. The summed E-state index contributed by atoms with van der Waals surface area (Å²) in [6.45, 7) is 6.86. The number of ether oxygens (including phenoxy) is 1. The number of likely N-dealkylation sites (N-methyl/N-ethyl adjacent to an activating group) is 1. The smallest absolute Gasteiger partial charge is 0.309 e. The van der Waals surface area contributed by atoms with E-state index >= 15 is 0 Å². The Kier molecular flexibility index (Phi) is 4.33. The predicted octanol–water partition coefficient (Wildman–Crippen LogP) is 4.73. The molecule has 0 bridgehead atoms. The van der Waals surface area contributed by atoms with Gasteiger partial charge in [0.15, 0.2) is 6.04 Å². The van der Waals surface area contributed by atoms with E-state index in [1.165, 1.54) is 21.6 Å². The van der Waals surface area contributed by atoms with Gasteiger partial charge in [0.05, 0.1) is 25.6 Å². The topological polar surface area (TPSA) is 26.3 Å². The summed E-state index contributed by atoms with van der Waals surface area (Å²) in [5.74, 6) is 1.06. The first kappa shape index (κ1) is 18.3. The second-order valence-electron chi connectivity index (χ2n) is 8.27. The molecule has 146 valence electrons. The van der Waals surface area contributed by atoms with Crippen molar-refractivity contribution in [3.8, 4) is 0 Å². The fourth-order valence-electron chi connectivity index (χ4n) is 6.25. The summed E-state index contributed by atoms with van der Waals surface area (Å²) in [6, 6.07) is 18.5. The van der Waals surface area contributed by atoms with Crippen LogP contribution in [-0.2, 0) is 20.8 Å². The molecule has 2 aromatic rings. The normalized spacial score (nSPS) is 32.6. The average Bonchev–Trinajstić information content (AvgIpc) is 3.39. The SMILES string of the molecule is CCOC(=O)C1CC[N+]2(CC)C(C1)[C@]21c2ccccc2CSc2ccccc21. The second kappa shape index (κ2) is 6.64. The number of hydrogen-bond acceptors (Lipinski definition) is 3. The molecule has 28 heavy (non-hydrogen) atoms. The summed E-state index contributed by atoms with van der Waals surface area (Å²) in [4.78, 5) is 14.0. The van der Waals surface area contributed by atoms with Crippen molar-refractivity contribution >= 4 is 17.7 Å². The molecule has 3 nitrogen and oxygen atoms in total. The van der Waals surface area contributed by atoms with Crippen LogP contribution in [0.4, 0.5) is 0 Å². The van der Waals surface area contributed by atoms with Crippen molar-refractivity contribution in [2.45, 2.75) is 48.9 Å². The van der Waals surface area contributed by atoms with Gasteiger partial charge in [0, 0.05) is 34.6 Å². The maximum atomic E-state index is 12.6. The monoisotopic (exact) mass is 394 g/mol. The van der Waals surface area contributed by atoms with Crippen molar-refractivity contribution in [2.24, 2.45) is 5.92 Å². The lowest BCUT2D eigenvalue weighted by Crippen LogP contribution is -2.41. The van der Waals surface area contributed by atoms with Crippen LogP contribution in [0.1, 0.15) is 43.4 Å². The minimum absolute atomic E-state index is 0.00280. The molecule has 4 atom stereocenters. The Morgan fingerprint density at radius 1 is 1.14 bits per heavy atom. The van der Waals surface area contributed by atoms with E-state index in [2.05, 4.69) is 55.5 Å². The highest BCUT2D eigenvalue weighted by molar-refractivity contribution is 7.98. The molecule has 0 saturated carbocycles. The second-order valence-corrected chi connectivity index (χ2v) is 9.29. The standard InChI is InChI=1S/C24H28NO2S/c1-3-25-14-13-17(23(26)27-4-2)15-22(25)24(25)19-10-6-5-9-18(19)16-28-21-12-8-7-11-20(21)24/h5-12,17,22H,3-4,13-16H2,1-2H3/q+1/t17?,22?,24-,25?/m1/s1. The number of carbonyl (C=O) groups is 1. The van der Waals surface area contributed by atoms with E-state index in [1.54, 1.807) is 0 Å². The molecule has 3 aliphatic heterocycles. The summed E-state index contributed by atoms with van der Waals surface area (Å²) in [6.07, 6.45) is 1.86. The lowest BCUT2D eigenvalue weighted by atomic mass is 9.82. The first-order valence-corrected chi connectivity index (χ1v) is 11.5. The Hall–Kier alpha value is -1.78. The predicted molar refractivity (Wildman–Crippen MR) is 112 cm³/mol. The molecule has 3 unspecified atom stereocenters. The number of hydrogen-bond donors (Lipinski definition) is 0. The number of esters is 1. The Morgan fingerprint density at radius 2 is 1.89 bits per heavy atom. The molecule has 3 aliphatic rings. The van der Waals surface area contributed by atoms with Gasteiger partial charge in [-0.2, -0.15) is 0 Å². The third-order valence-corrected chi connectivity index (χ3v) is 8.51. The average molecular weight is 395 g/mol. The number of fused-ring (bicyclic) bond motifs is 7. The number of rotatable bonds is 3. The van der Waals surface area contributed by atoms with Crippen LogP contribution in [0.3, 0.4) is 0 Å². The number of quaternary nitrogens is 1. The highest BCUT2D eigenvalue weighted by Crippen LogP contribution is 2.68. The van der Waals surface area contributed by atoms with Crippen molar-refractivity contribution in [1.29, 1.82) is 0 Å². The van der Waals surface area contributed by atoms with Crippen LogP contribution in [0, 0.1) is 5.92 Å². The molecule has 0 aliphatic carbocycles. The number of nitrogens with zero attached hydrogens (tertiary/aromatic N) is 1. The minimum atomic E-state index is -0.00726. The maximum Gasteiger partial charge on any atom is 0.309 e. The fraction of sp³-hybridized carbons (Fsp3) is 0.458. The number of benzene rings is 2.